The predicted octanol–water partition coefficient (Wildman–Crippen LogP) is 10.9. The molecule has 1 aliphatic rings. The second-order valence-electron chi connectivity index (χ2n) is 11.3. The Balaban J connectivity index is 1.21. The van der Waals surface area contributed by atoms with Gasteiger partial charge in [0.15, 0.2) is 0 Å². The van der Waals surface area contributed by atoms with Crippen LogP contribution < -0.4 is 9.80 Å². The predicted molar refractivity (Wildman–Crippen MR) is 184 cm³/mol. The van der Waals surface area contributed by atoms with Gasteiger partial charge < -0.3 is 14.2 Å². The zero-order chi connectivity index (χ0) is 30.6. The van der Waals surface area contributed by atoms with Gasteiger partial charge in [0.05, 0.1) is 0 Å². The third-order valence-electron chi connectivity index (χ3n) is 8.09. The summed E-state index contributed by atoms with van der Waals surface area (Å²) in [4.78, 5) is 4.62. The summed E-state index contributed by atoms with van der Waals surface area (Å²) in [7, 11) is 0. The maximum Gasteiger partial charge on any atom is 0.248 e. The zero-order valence-corrected chi connectivity index (χ0v) is 25.5. The molecule has 0 atom stereocenters. The van der Waals surface area contributed by atoms with Crippen LogP contribution in [0.5, 0.6) is 0 Å². The number of allylic oxidation sites excluding steroid dienone is 4. The molecule has 0 amide bonds. The Bertz CT molecular complexity index is 1960. The number of nitrogens with zero attached hydrogens (tertiary/aromatic N) is 4. The summed E-state index contributed by atoms with van der Waals surface area (Å²) in [6, 6.07) is 44.4. The molecule has 6 aromatic rings. The van der Waals surface area contributed by atoms with Crippen LogP contribution in [0.15, 0.2) is 156 Å². The van der Waals surface area contributed by atoms with Crippen molar-refractivity contribution < 1.29 is 4.42 Å². The Kier molecular flexibility index (Phi) is 7.81. The molecule has 0 bridgehead atoms. The fraction of sp³-hybridized carbons (Fsp3) is 0.100. The maximum atomic E-state index is 6.13. The monoisotopic (exact) mass is 586 g/mol. The highest BCUT2D eigenvalue weighted by atomic mass is 16.4. The summed E-state index contributed by atoms with van der Waals surface area (Å²) in [6.45, 7) is 4.12. The van der Waals surface area contributed by atoms with Crippen LogP contribution in [0.4, 0.5) is 28.4 Å². The first kappa shape index (κ1) is 28.1. The lowest BCUT2D eigenvalue weighted by Crippen LogP contribution is -2.17. The molecule has 220 valence electrons. The number of hydrogen-bond donors (Lipinski definition) is 0. The van der Waals surface area contributed by atoms with Gasteiger partial charge in [0, 0.05) is 45.3 Å². The minimum Gasteiger partial charge on any atom is -0.416 e. The molecule has 1 heterocycles. The number of aryl methyl sites for hydroxylation is 2. The Morgan fingerprint density at radius 2 is 1.13 bits per heavy atom. The summed E-state index contributed by atoms with van der Waals surface area (Å²) >= 11 is 0. The lowest BCUT2D eigenvalue weighted by molar-refractivity contribution is 0.584. The van der Waals surface area contributed by atoms with Crippen molar-refractivity contribution in [1.82, 2.24) is 10.2 Å². The molecule has 5 heteroatoms. The molecule has 5 nitrogen and oxygen atoms in total. The van der Waals surface area contributed by atoms with Crippen molar-refractivity contribution in [3.8, 4) is 22.9 Å². The Morgan fingerprint density at radius 3 is 1.76 bits per heavy atom. The molecular formula is C40H34N4O. The van der Waals surface area contributed by atoms with Gasteiger partial charge in [0.25, 0.3) is 0 Å². The molecule has 0 unspecified atom stereocenters. The zero-order valence-electron chi connectivity index (χ0n) is 25.5. The minimum atomic E-state index is 0.501. The molecule has 0 fully saturated rings. The van der Waals surface area contributed by atoms with Gasteiger partial charge in [0.1, 0.15) is 0 Å². The number of rotatable bonds is 8. The van der Waals surface area contributed by atoms with Crippen molar-refractivity contribution in [2.75, 3.05) is 9.80 Å². The van der Waals surface area contributed by atoms with Gasteiger partial charge in [-0.3, -0.25) is 0 Å². The van der Waals surface area contributed by atoms with E-state index in [9.17, 15) is 0 Å². The number of anilines is 5. The Labute approximate surface area is 264 Å². The minimum absolute atomic E-state index is 0.501. The molecule has 0 spiro atoms. The highest BCUT2D eigenvalue weighted by Crippen LogP contribution is 2.39. The van der Waals surface area contributed by atoms with E-state index in [-0.39, 0.29) is 0 Å². The molecule has 1 aliphatic carbocycles. The van der Waals surface area contributed by atoms with Gasteiger partial charge in [-0.1, -0.05) is 66.2 Å². The summed E-state index contributed by atoms with van der Waals surface area (Å²) < 4.78 is 6.13. The topological polar surface area (TPSA) is 45.4 Å². The first-order valence-corrected chi connectivity index (χ1v) is 15.3. The summed E-state index contributed by atoms with van der Waals surface area (Å²) in [6.07, 6.45) is 8.64. The van der Waals surface area contributed by atoms with Crippen LogP contribution >= 0.6 is 0 Å². The van der Waals surface area contributed by atoms with E-state index in [0.717, 1.165) is 63.5 Å². The van der Waals surface area contributed by atoms with Gasteiger partial charge in [-0.25, -0.2) is 0 Å². The highest BCUT2D eigenvalue weighted by Gasteiger charge is 2.18. The summed E-state index contributed by atoms with van der Waals surface area (Å²) in [5.41, 5.74) is 10.9. The molecular weight excluding hydrogens is 552 g/mol. The molecule has 1 aromatic heterocycles. The van der Waals surface area contributed by atoms with Crippen LogP contribution in [-0.4, -0.2) is 10.2 Å². The average molecular weight is 587 g/mol. The lowest BCUT2D eigenvalue weighted by atomic mass is 10.1. The quantitative estimate of drug-likeness (QED) is 0.177. The SMILES string of the molecule is Cc1ccc(C)c(-c2nnc(-c3ccc(N(c4ccccc4)c4ccc(N(C5=CC=CCC5)c5ccccc5)cc4)cc3)o2)c1. The third kappa shape index (κ3) is 5.93. The van der Waals surface area contributed by atoms with Crippen LogP contribution in [0.1, 0.15) is 24.0 Å². The van der Waals surface area contributed by atoms with E-state index >= 15 is 0 Å². The molecule has 0 N–H and O–H groups in total. The van der Waals surface area contributed by atoms with E-state index in [1.54, 1.807) is 0 Å². The molecule has 45 heavy (non-hydrogen) atoms. The van der Waals surface area contributed by atoms with Crippen molar-refractivity contribution in [3.63, 3.8) is 0 Å². The van der Waals surface area contributed by atoms with Gasteiger partial charge >= 0.3 is 0 Å². The van der Waals surface area contributed by atoms with Gasteiger partial charge in [0.2, 0.25) is 11.8 Å². The van der Waals surface area contributed by atoms with Crippen LogP contribution in [0, 0.1) is 13.8 Å². The molecule has 5 aromatic carbocycles. The van der Waals surface area contributed by atoms with Crippen molar-refractivity contribution in [3.05, 3.63) is 162 Å². The fourth-order valence-corrected chi connectivity index (χ4v) is 5.78. The average Bonchev–Trinajstić information content (AvgIpc) is 3.59. The van der Waals surface area contributed by atoms with Crippen LogP contribution in [0.25, 0.3) is 22.9 Å². The first-order valence-electron chi connectivity index (χ1n) is 15.3. The first-order chi connectivity index (χ1) is 22.1. The molecule has 0 aliphatic heterocycles. The van der Waals surface area contributed by atoms with E-state index in [0.29, 0.717) is 11.8 Å². The smallest absolute Gasteiger partial charge is 0.248 e. The van der Waals surface area contributed by atoms with Crippen molar-refractivity contribution in [2.24, 2.45) is 0 Å². The van der Waals surface area contributed by atoms with E-state index < -0.39 is 0 Å². The third-order valence-corrected chi connectivity index (χ3v) is 8.09. The standard InChI is InChI=1S/C40H34N4O/c1-29-18-19-30(2)38(28-29)40-42-41-39(45-40)31-20-22-35(23-21-31)44(34-16-10-5-11-17-34)37-26-24-36(25-27-37)43(32-12-6-3-7-13-32)33-14-8-4-9-15-33/h3-8,10-14,16-28H,9,15H2,1-2H3. The Morgan fingerprint density at radius 1 is 0.578 bits per heavy atom. The van der Waals surface area contributed by atoms with E-state index in [1.165, 1.54) is 5.70 Å². The molecule has 7 rings (SSSR count). The fourth-order valence-electron chi connectivity index (χ4n) is 5.78. The molecule has 0 saturated carbocycles. The highest BCUT2D eigenvalue weighted by molar-refractivity contribution is 5.79. The maximum absolute atomic E-state index is 6.13. The van der Waals surface area contributed by atoms with Gasteiger partial charge in [-0.15, -0.1) is 10.2 Å². The molecule has 0 radical (unpaired) electrons. The number of aromatic nitrogens is 2. The van der Waals surface area contributed by atoms with E-state index in [2.05, 4.69) is 161 Å². The van der Waals surface area contributed by atoms with Crippen LogP contribution in [-0.2, 0) is 0 Å². The van der Waals surface area contributed by atoms with Crippen LogP contribution in [0.2, 0.25) is 0 Å². The van der Waals surface area contributed by atoms with E-state index in [4.69, 9.17) is 4.42 Å². The van der Waals surface area contributed by atoms with Crippen molar-refractivity contribution in [2.45, 2.75) is 26.7 Å². The lowest BCUT2D eigenvalue weighted by Gasteiger charge is -2.30. The van der Waals surface area contributed by atoms with Gasteiger partial charge in [-0.05, 0) is 117 Å². The summed E-state index contributed by atoms with van der Waals surface area (Å²) in [5.74, 6) is 1.03. The van der Waals surface area contributed by atoms with Gasteiger partial charge in [-0.2, -0.15) is 0 Å². The van der Waals surface area contributed by atoms with Crippen molar-refractivity contribution >= 4 is 28.4 Å². The van der Waals surface area contributed by atoms with Crippen LogP contribution in [0.3, 0.4) is 0 Å². The Hall–Kier alpha value is -5.68. The second-order valence-corrected chi connectivity index (χ2v) is 11.3. The normalized spacial score (nSPS) is 12.5. The number of hydrogen-bond acceptors (Lipinski definition) is 5. The van der Waals surface area contributed by atoms with Crippen molar-refractivity contribution in [1.29, 1.82) is 0 Å². The summed E-state index contributed by atoms with van der Waals surface area (Å²) in [5, 5.41) is 8.73. The number of benzene rings is 5. The molecule has 0 saturated heterocycles. The number of para-hydroxylation sites is 2. The largest absolute Gasteiger partial charge is 0.416 e. The second kappa shape index (κ2) is 12.5. The van der Waals surface area contributed by atoms with E-state index in [1.807, 2.05) is 18.2 Å².